The second kappa shape index (κ2) is 6.18. The number of halogens is 1. The van der Waals surface area contributed by atoms with E-state index in [1.807, 2.05) is 26.8 Å². The molecule has 92 valence electrons. The molecule has 2 rings (SSSR count). The maximum absolute atomic E-state index is 13.5. The van der Waals surface area contributed by atoms with Crippen LogP contribution in [0.5, 0.6) is 0 Å². The van der Waals surface area contributed by atoms with Crippen LogP contribution in [0.25, 0.3) is 0 Å². The highest BCUT2D eigenvalue weighted by atomic mass is 19.1. The van der Waals surface area contributed by atoms with Crippen molar-refractivity contribution in [2.75, 3.05) is 6.61 Å². The molecule has 17 heavy (non-hydrogen) atoms. The first-order valence-corrected chi connectivity index (χ1v) is 5.81. The lowest BCUT2D eigenvalue weighted by molar-refractivity contribution is 0.331. The number of aliphatic imine (C=N–C) groups is 1. The number of rotatable bonds is 2. The van der Waals surface area contributed by atoms with Gasteiger partial charge in [-0.05, 0) is 18.6 Å². The largest absolute Gasteiger partial charge is 0.475 e. The number of benzene rings is 1. The Bertz CT molecular complexity index is 406. The van der Waals surface area contributed by atoms with E-state index in [9.17, 15) is 4.39 Å². The number of hydrogen-bond donors (Lipinski definition) is 0. The molecule has 3 heteroatoms. The van der Waals surface area contributed by atoms with Crippen LogP contribution in [0.3, 0.4) is 0 Å². The summed E-state index contributed by atoms with van der Waals surface area (Å²) >= 11 is 0. The van der Waals surface area contributed by atoms with Crippen LogP contribution in [0.1, 0.15) is 25.0 Å². The molecule has 1 aliphatic rings. The Balaban J connectivity index is 0.000000686. The summed E-state index contributed by atoms with van der Waals surface area (Å²) in [5, 5.41) is 0. The fourth-order valence-corrected chi connectivity index (χ4v) is 1.55. The SMILES string of the molecule is C=CC1COC(c2c(C)cccc2F)=N1.CC. The molecule has 0 aliphatic carbocycles. The first kappa shape index (κ1) is 13.4. The van der Waals surface area contributed by atoms with Gasteiger partial charge in [-0.25, -0.2) is 9.38 Å². The molecule has 0 radical (unpaired) electrons. The summed E-state index contributed by atoms with van der Waals surface area (Å²) in [4.78, 5) is 4.23. The van der Waals surface area contributed by atoms with Crippen LogP contribution in [0, 0.1) is 12.7 Å². The normalized spacial score (nSPS) is 17.6. The molecule has 0 amide bonds. The summed E-state index contributed by atoms with van der Waals surface area (Å²) in [5.41, 5.74) is 1.29. The number of hydrogen-bond acceptors (Lipinski definition) is 2. The van der Waals surface area contributed by atoms with Gasteiger partial charge in [0.05, 0.1) is 5.56 Å². The second-order valence-corrected chi connectivity index (χ2v) is 3.48. The zero-order chi connectivity index (χ0) is 12.8. The van der Waals surface area contributed by atoms with Crippen molar-refractivity contribution in [2.24, 2.45) is 4.99 Å². The molecule has 0 spiro atoms. The van der Waals surface area contributed by atoms with E-state index >= 15 is 0 Å². The maximum Gasteiger partial charge on any atom is 0.220 e. The number of ether oxygens (including phenoxy) is 1. The molecule has 0 saturated heterocycles. The monoisotopic (exact) mass is 235 g/mol. The molecule has 1 heterocycles. The average molecular weight is 235 g/mol. The fourth-order valence-electron chi connectivity index (χ4n) is 1.55. The smallest absolute Gasteiger partial charge is 0.220 e. The lowest BCUT2D eigenvalue weighted by atomic mass is 10.1. The van der Waals surface area contributed by atoms with Gasteiger partial charge >= 0.3 is 0 Å². The zero-order valence-electron chi connectivity index (χ0n) is 10.5. The summed E-state index contributed by atoms with van der Waals surface area (Å²) in [6.45, 7) is 9.92. The van der Waals surface area contributed by atoms with Crippen LogP contribution in [0.2, 0.25) is 0 Å². The van der Waals surface area contributed by atoms with Gasteiger partial charge in [-0.15, -0.1) is 6.58 Å². The van der Waals surface area contributed by atoms with Gasteiger partial charge in [-0.3, -0.25) is 0 Å². The van der Waals surface area contributed by atoms with Gasteiger partial charge < -0.3 is 4.74 Å². The molecule has 2 nitrogen and oxygen atoms in total. The Labute approximate surface area is 102 Å². The van der Waals surface area contributed by atoms with Crippen molar-refractivity contribution in [1.29, 1.82) is 0 Å². The Kier molecular flexibility index (Phi) is 4.88. The predicted octanol–water partition coefficient (Wildman–Crippen LogP) is 3.49. The zero-order valence-corrected chi connectivity index (χ0v) is 10.5. The molecule has 0 saturated carbocycles. The molecule has 0 N–H and O–H groups in total. The lowest BCUT2D eigenvalue weighted by Crippen LogP contribution is -2.06. The highest BCUT2D eigenvalue weighted by Crippen LogP contribution is 2.18. The Hall–Kier alpha value is -1.64. The quantitative estimate of drug-likeness (QED) is 0.719. The maximum atomic E-state index is 13.5. The van der Waals surface area contributed by atoms with Crippen LogP contribution in [0.15, 0.2) is 35.8 Å². The van der Waals surface area contributed by atoms with Crippen molar-refractivity contribution < 1.29 is 9.13 Å². The van der Waals surface area contributed by atoms with E-state index in [-0.39, 0.29) is 11.9 Å². The van der Waals surface area contributed by atoms with E-state index in [0.29, 0.717) is 18.1 Å². The van der Waals surface area contributed by atoms with Gasteiger partial charge in [0.25, 0.3) is 0 Å². The lowest BCUT2D eigenvalue weighted by Gasteiger charge is -2.05. The summed E-state index contributed by atoms with van der Waals surface area (Å²) < 4.78 is 18.9. The van der Waals surface area contributed by atoms with Crippen LogP contribution in [-0.4, -0.2) is 18.5 Å². The van der Waals surface area contributed by atoms with Crippen molar-refractivity contribution in [3.63, 3.8) is 0 Å². The van der Waals surface area contributed by atoms with Crippen LogP contribution < -0.4 is 0 Å². The third-order valence-electron chi connectivity index (χ3n) is 2.38. The third kappa shape index (κ3) is 2.93. The Morgan fingerprint density at radius 1 is 1.47 bits per heavy atom. The van der Waals surface area contributed by atoms with Gasteiger partial charge in [0.2, 0.25) is 5.90 Å². The highest BCUT2D eigenvalue weighted by molar-refractivity contribution is 5.96. The van der Waals surface area contributed by atoms with E-state index in [2.05, 4.69) is 11.6 Å². The molecular formula is C14H18FNO. The number of aryl methyl sites for hydroxylation is 1. The standard InChI is InChI=1S/C12H12FNO.C2H6/c1-3-9-7-15-12(14-9)11-8(2)5-4-6-10(11)13;1-2/h3-6,9H,1,7H2,2H3;1-2H3. The molecular weight excluding hydrogens is 217 g/mol. The number of nitrogens with zero attached hydrogens (tertiary/aromatic N) is 1. The van der Waals surface area contributed by atoms with Crippen LogP contribution >= 0.6 is 0 Å². The van der Waals surface area contributed by atoms with Crippen molar-refractivity contribution in [1.82, 2.24) is 0 Å². The minimum absolute atomic E-state index is 0.0565. The van der Waals surface area contributed by atoms with Gasteiger partial charge in [0.15, 0.2) is 0 Å². The molecule has 1 aliphatic heterocycles. The minimum atomic E-state index is -0.293. The molecule has 0 fully saturated rings. The highest BCUT2D eigenvalue weighted by Gasteiger charge is 2.21. The van der Waals surface area contributed by atoms with Crippen molar-refractivity contribution in [3.05, 3.63) is 47.8 Å². The van der Waals surface area contributed by atoms with Crippen molar-refractivity contribution in [3.8, 4) is 0 Å². The fraction of sp³-hybridized carbons (Fsp3) is 0.357. The summed E-state index contributed by atoms with van der Waals surface area (Å²) in [6, 6.07) is 4.87. The average Bonchev–Trinajstić information content (AvgIpc) is 2.80. The van der Waals surface area contributed by atoms with Gasteiger partial charge in [-0.1, -0.05) is 32.1 Å². The van der Waals surface area contributed by atoms with E-state index in [1.54, 1.807) is 12.1 Å². The van der Waals surface area contributed by atoms with Gasteiger partial charge in [0, 0.05) is 0 Å². The first-order valence-electron chi connectivity index (χ1n) is 5.81. The van der Waals surface area contributed by atoms with E-state index in [0.717, 1.165) is 5.56 Å². The Morgan fingerprint density at radius 2 is 2.18 bits per heavy atom. The summed E-state index contributed by atoms with van der Waals surface area (Å²) in [6.07, 6.45) is 1.70. The van der Waals surface area contributed by atoms with Crippen molar-refractivity contribution >= 4 is 5.90 Å². The third-order valence-corrected chi connectivity index (χ3v) is 2.38. The Morgan fingerprint density at radius 3 is 2.71 bits per heavy atom. The summed E-state index contributed by atoms with van der Waals surface area (Å²) in [5.74, 6) is 0.0916. The van der Waals surface area contributed by atoms with E-state index in [4.69, 9.17) is 4.74 Å². The van der Waals surface area contributed by atoms with E-state index < -0.39 is 0 Å². The molecule has 1 aromatic carbocycles. The minimum Gasteiger partial charge on any atom is -0.475 e. The van der Waals surface area contributed by atoms with Crippen molar-refractivity contribution in [2.45, 2.75) is 26.8 Å². The van der Waals surface area contributed by atoms with E-state index in [1.165, 1.54) is 6.07 Å². The van der Waals surface area contributed by atoms with Gasteiger partial charge in [-0.2, -0.15) is 0 Å². The molecule has 1 aromatic rings. The van der Waals surface area contributed by atoms with Crippen LogP contribution in [-0.2, 0) is 4.74 Å². The van der Waals surface area contributed by atoms with Crippen LogP contribution in [0.4, 0.5) is 4.39 Å². The molecule has 1 unspecified atom stereocenters. The topological polar surface area (TPSA) is 21.6 Å². The summed E-state index contributed by atoms with van der Waals surface area (Å²) in [7, 11) is 0. The molecule has 0 aromatic heterocycles. The first-order chi connectivity index (χ1) is 8.22. The molecule has 1 atom stereocenters. The second-order valence-electron chi connectivity index (χ2n) is 3.48. The van der Waals surface area contributed by atoms with Gasteiger partial charge in [0.1, 0.15) is 18.5 Å². The molecule has 0 bridgehead atoms. The predicted molar refractivity (Wildman–Crippen MR) is 69.0 cm³/mol.